The molecule has 0 spiro atoms. The minimum absolute atomic E-state index is 0.518. The lowest BCUT2D eigenvalue weighted by molar-refractivity contribution is 0.768. The molecule has 60 heavy (non-hydrogen) atoms. The maximum Gasteiger partial charge on any atom is 0.0714 e. The van der Waals surface area contributed by atoms with Gasteiger partial charge in [-0.1, -0.05) is 212 Å². The second-order valence-electron chi connectivity index (χ2n) is 15.6. The van der Waals surface area contributed by atoms with Gasteiger partial charge in [-0.25, -0.2) is 0 Å². The van der Waals surface area contributed by atoms with Gasteiger partial charge in [0.05, 0.1) is 16.8 Å². The summed E-state index contributed by atoms with van der Waals surface area (Å²) in [4.78, 5) is 2.50. The van der Waals surface area contributed by atoms with Crippen molar-refractivity contribution in [2.45, 2.75) is 5.41 Å². The lowest BCUT2D eigenvalue weighted by Gasteiger charge is -2.34. The standard InChI is InChI=1S/C59H41N/c1-5-18-42(19-6-1)44-34-37-51(38-35-44)60(56-39-36-48(41-53(56)45-21-7-2-8-22-45)47-33-32-43-20-13-14-23-46(43)40-47)57-31-17-30-55-58(57)52-28-15-16-29-54(52)59(55,49-24-9-3-10-25-49)50-26-11-4-12-27-50/h1-41H. The first-order valence-corrected chi connectivity index (χ1v) is 20.8. The van der Waals surface area contributed by atoms with Crippen molar-refractivity contribution in [3.05, 3.63) is 271 Å². The second kappa shape index (κ2) is 14.9. The highest BCUT2D eigenvalue weighted by Crippen LogP contribution is 2.60. The average molecular weight is 764 g/mol. The lowest BCUT2D eigenvalue weighted by atomic mass is 9.68. The molecule has 0 bridgehead atoms. The summed E-state index contributed by atoms with van der Waals surface area (Å²) in [6.07, 6.45) is 0. The molecule has 0 heterocycles. The Morgan fingerprint density at radius 2 is 0.800 bits per heavy atom. The lowest BCUT2D eigenvalue weighted by Crippen LogP contribution is -2.28. The molecule has 0 N–H and O–H groups in total. The first-order chi connectivity index (χ1) is 29.8. The molecule has 0 saturated carbocycles. The van der Waals surface area contributed by atoms with Crippen LogP contribution < -0.4 is 4.90 Å². The van der Waals surface area contributed by atoms with Gasteiger partial charge in [-0.3, -0.25) is 0 Å². The largest absolute Gasteiger partial charge is 0.309 e. The monoisotopic (exact) mass is 763 g/mol. The van der Waals surface area contributed by atoms with Crippen LogP contribution in [0.1, 0.15) is 22.3 Å². The van der Waals surface area contributed by atoms with Gasteiger partial charge in [0.2, 0.25) is 0 Å². The number of rotatable bonds is 8. The minimum Gasteiger partial charge on any atom is -0.309 e. The van der Waals surface area contributed by atoms with Crippen LogP contribution in [-0.4, -0.2) is 0 Å². The van der Waals surface area contributed by atoms with Crippen LogP contribution in [0.2, 0.25) is 0 Å². The van der Waals surface area contributed by atoms with E-state index in [1.807, 2.05) is 0 Å². The summed E-state index contributed by atoms with van der Waals surface area (Å²) in [5, 5.41) is 2.48. The van der Waals surface area contributed by atoms with E-state index < -0.39 is 5.41 Å². The Morgan fingerprint density at radius 3 is 1.50 bits per heavy atom. The number of anilines is 3. The van der Waals surface area contributed by atoms with E-state index in [2.05, 4.69) is 254 Å². The van der Waals surface area contributed by atoms with Gasteiger partial charge in [0.1, 0.15) is 0 Å². The maximum atomic E-state index is 2.50. The van der Waals surface area contributed by atoms with Crippen LogP contribution in [0.3, 0.4) is 0 Å². The van der Waals surface area contributed by atoms with Gasteiger partial charge in [-0.05, 0) is 103 Å². The molecule has 0 aromatic heterocycles. The molecular formula is C59H41N. The Bertz CT molecular complexity index is 3080. The van der Waals surface area contributed by atoms with Gasteiger partial charge in [0.15, 0.2) is 0 Å². The van der Waals surface area contributed by atoms with Crippen molar-refractivity contribution in [3.8, 4) is 44.5 Å². The summed E-state index contributed by atoms with van der Waals surface area (Å²) in [6.45, 7) is 0. The van der Waals surface area contributed by atoms with Crippen molar-refractivity contribution < 1.29 is 0 Å². The van der Waals surface area contributed by atoms with Crippen LogP contribution in [0.4, 0.5) is 17.1 Å². The van der Waals surface area contributed by atoms with Gasteiger partial charge in [0, 0.05) is 16.8 Å². The maximum absolute atomic E-state index is 2.50. The van der Waals surface area contributed by atoms with E-state index in [0.717, 1.165) is 28.2 Å². The van der Waals surface area contributed by atoms with Crippen LogP contribution in [0.25, 0.3) is 55.3 Å². The predicted octanol–water partition coefficient (Wildman–Crippen LogP) is 15.7. The fraction of sp³-hybridized carbons (Fsp3) is 0.0169. The van der Waals surface area contributed by atoms with Crippen molar-refractivity contribution in [2.24, 2.45) is 0 Å². The van der Waals surface area contributed by atoms with Gasteiger partial charge >= 0.3 is 0 Å². The van der Waals surface area contributed by atoms with Crippen LogP contribution in [-0.2, 0) is 5.41 Å². The van der Waals surface area contributed by atoms with E-state index in [9.17, 15) is 0 Å². The van der Waals surface area contributed by atoms with E-state index in [-0.39, 0.29) is 0 Å². The molecule has 1 nitrogen and oxygen atoms in total. The Morgan fingerprint density at radius 1 is 0.283 bits per heavy atom. The normalized spacial score (nSPS) is 12.5. The topological polar surface area (TPSA) is 3.24 Å². The molecular weight excluding hydrogens is 723 g/mol. The van der Waals surface area contributed by atoms with Crippen molar-refractivity contribution in [3.63, 3.8) is 0 Å². The smallest absolute Gasteiger partial charge is 0.0714 e. The summed E-state index contributed by atoms with van der Waals surface area (Å²) in [7, 11) is 0. The first-order valence-electron chi connectivity index (χ1n) is 20.8. The number of benzene rings is 10. The molecule has 1 heteroatoms. The Labute approximate surface area is 352 Å². The molecule has 0 fully saturated rings. The highest BCUT2D eigenvalue weighted by Gasteiger charge is 2.47. The summed E-state index contributed by atoms with van der Waals surface area (Å²) in [6, 6.07) is 91.1. The van der Waals surface area contributed by atoms with Crippen LogP contribution in [0, 0.1) is 0 Å². The van der Waals surface area contributed by atoms with Crippen LogP contribution in [0.15, 0.2) is 249 Å². The molecule has 0 aliphatic heterocycles. The van der Waals surface area contributed by atoms with E-state index >= 15 is 0 Å². The third-order valence-electron chi connectivity index (χ3n) is 12.3. The van der Waals surface area contributed by atoms with Gasteiger partial charge < -0.3 is 4.90 Å². The Hall–Kier alpha value is -7.74. The number of hydrogen-bond donors (Lipinski definition) is 0. The number of hydrogen-bond acceptors (Lipinski definition) is 1. The second-order valence-corrected chi connectivity index (χ2v) is 15.6. The quantitative estimate of drug-likeness (QED) is 0.149. The summed E-state index contributed by atoms with van der Waals surface area (Å²) in [5.41, 5.74) is 17.5. The minimum atomic E-state index is -0.518. The zero-order valence-corrected chi connectivity index (χ0v) is 33.1. The van der Waals surface area contributed by atoms with Crippen molar-refractivity contribution in [1.82, 2.24) is 0 Å². The molecule has 1 aliphatic rings. The molecule has 0 unspecified atom stereocenters. The molecule has 11 rings (SSSR count). The van der Waals surface area contributed by atoms with Gasteiger partial charge in [-0.2, -0.15) is 0 Å². The number of fused-ring (bicyclic) bond motifs is 4. The zero-order chi connectivity index (χ0) is 39.9. The molecule has 1 aliphatic carbocycles. The van der Waals surface area contributed by atoms with Crippen molar-refractivity contribution in [2.75, 3.05) is 4.90 Å². The molecule has 282 valence electrons. The van der Waals surface area contributed by atoms with Gasteiger partial charge in [0.25, 0.3) is 0 Å². The molecule has 0 amide bonds. The predicted molar refractivity (Wildman–Crippen MR) is 252 cm³/mol. The molecule has 10 aromatic carbocycles. The molecule has 0 saturated heterocycles. The van der Waals surface area contributed by atoms with E-state index in [0.29, 0.717) is 0 Å². The Balaban J connectivity index is 1.19. The SMILES string of the molecule is c1ccc(-c2ccc(N(c3ccc(-c4ccc5ccccc5c4)cc3-c3ccccc3)c3cccc4c3-c3ccccc3C4(c3ccccc3)c3ccccc3)cc2)cc1. The van der Waals surface area contributed by atoms with Gasteiger partial charge in [-0.15, -0.1) is 0 Å². The fourth-order valence-corrected chi connectivity index (χ4v) is 9.63. The third-order valence-corrected chi connectivity index (χ3v) is 12.3. The Kier molecular flexibility index (Phi) is 8.79. The van der Waals surface area contributed by atoms with Crippen LogP contribution >= 0.6 is 0 Å². The van der Waals surface area contributed by atoms with E-state index in [1.54, 1.807) is 0 Å². The molecule has 0 atom stereocenters. The average Bonchev–Trinajstić information content (AvgIpc) is 3.64. The molecule has 10 aromatic rings. The molecule has 0 radical (unpaired) electrons. The van der Waals surface area contributed by atoms with Crippen molar-refractivity contribution in [1.29, 1.82) is 0 Å². The fourth-order valence-electron chi connectivity index (χ4n) is 9.63. The highest BCUT2D eigenvalue weighted by atomic mass is 15.1. The highest BCUT2D eigenvalue weighted by molar-refractivity contribution is 6.00. The number of nitrogens with zero attached hydrogens (tertiary/aromatic N) is 1. The van der Waals surface area contributed by atoms with Crippen LogP contribution in [0.5, 0.6) is 0 Å². The summed E-state index contributed by atoms with van der Waals surface area (Å²) >= 11 is 0. The van der Waals surface area contributed by atoms with E-state index in [1.165, 1.54) is 66.4 Å². The summed E-state index contributed by atoms with van der Waals surface area (Å²) < 4.78 is 0. The van der Waals surface area contributed by atoms with E-state index in [4.69, 9.17) is 0 Å². The summed E-state index contributed by atoms with van der Waals surface area (Å²) in [5.74, 6) is 0. The zero-order valence-electron chi connectivity index (χ0n) is 33.1. The first kappa shape index (κ1) is 35.4. The third kappa shape index (κ3) is 5.86. The van der Waals surface area contributed by atoms with Crippen molar-refractivity contribution >= 4 is 27.8 Å².